The Morgan fingerprint density at radius 3 is 0.571 bits per heavy atom. The molecule has 0 rings (SSSR count). The Morgan fingerprint density at radius 2 is 0.571 bits per heavy atom. The zero-order valence-electron chi connectivity index (χ0n) is 3.46. The molecule has 0 aliphatic heterocycles. The molecule has 0 saturated carbocycles. The number of rotatable bonds is 0. The van der Waals surface area contributed by atoms with Crippen LogP contribution >= 0.6 is 0 Å². The Morgan fingerprint density at radius 1 is 0.571 bits per heavy atom. The van der Waals surface area contributed by atoms with E-state index in [9.17, 15) is 0 Å². The van der Waals surface area contributed by atoms with Crippen LogP contribution in [0.3, 0.4) is 0 Å². The molecule has 0 aromatic carbocycles. The van der Waals surface area contributed by atoms with Crippen molar-refractivity contribution in [3.05, 3.63) is 0 Å². The van der Waals surface area contributed by atoms with Crippen LogP contribution in [0.5, 0.6) is 0 Å². The summed E-state index contributed by atoms with van der Waals surface area (Å²) in [4.78, 5) is 0. The molecule has 0 fully saturated rings. The largest absolute Gasteiger partial charge is 2.00 e. The van der Waals surface area contributed by atoms with Crippen molar-refractivity contribution in [3.63, 3.8) is 0 Å². The van der Waals surface area contributed by atoms with E-state index in [0.717, 1.165) is 0 Å². The van der Waals surface area contributed by atoms with Crippen LogP contribution in [0.15, 0.2) is 0 Å². The van der Waals surface area contributed by atoms with Gasteiger partial charge in [0.25, 0.3) is 0 Å². The molecule has 0 aromatic rings. The smallest absolute Gasteiger partial charge is 2.00 e. The van der Waals surface area contributed by atoms with Crippen molar-refractivity contribution >= 4 is 0 Å². The van der Waals surface area contributed by atoms with Gasteiger partial charge >= 0.3 is 35.9 Å². The van der Waals surface area contributed by atoms with Gasteiger partial charge in [0.1, 0.15) is 0 Å². The molecular weight excluding hydrogens is 177 g/mol. The van der Waals surface area contributed by atoms with Gasteiger partial charge in [0.2, 0.25) is 0 Å². The molecule has 0 aliphatic carbocycles. The van der Waals surface area contributed by atoms with E-state index in [4.69, 9.17) is 0 Å². The van der Waals surface area contributed by atoms with Crippen LogP contribution in [0.25, 0.3) is 0 Å². The van der Waals surface area contributed by atoms with E-state index in [-0.39, 0.29) is 76.4 Å². The first-order valence-corrected chi connectivity index (χ1v) is 0. The molecule has 0 aliphatic rings. The van der Waals surface area contributed by atoms with E-state index >= 15 is 0 Å². The Hall–Kier alpha value is 1.54. The second-order valence-corrected chi connectivity index (χ2v) is 0. The van der Waals surface area contributed by atoms with Gasteiger partial charge in [-0.1, -0.05) is 0 Å². The second kappa shape index (κ2) is 136. The summed E-state index contributed by atoms with van der Waals surface area (Å²) in [6.45, 7) is 0. The van der Waals surface area contributed by atoms with E-state index in [1.54, 1.807) is 0 Å². The quantitative estimate of drug-likeness (QED) is 0.342. The molecule has 0 saturated heterocycles. The van der Waals surface area contributed by atoms with Gasteiger partial charge in [-0.3, -0.25) is 0 Å². The van der Waals surface area contributed by atoms with Crippen LogP contribution < -0.4 is 18.9 Å². The molecule has 0 amide bonds. The zero-order valence-corrected chi connectivity index (χ0v) is 6.04. The number of hydrogen-bond acceptors (Lipinski definition) is 0. The van der Waals surface area contributed by atoms with E-state index in [1.165, 1.54) is 0 Å². The van der Waals surface area contributed by atoms with E-state index in [0.29, 0.717) is 0 Å². The summed E-state index contributed by atoms with van der Waals surface area (Å²) in [5.74, 6) is 0. The minimum Gasteiger partial charge on any atom is -2.00 e. The monoisotopic (exact) mass is 177 g/mol. The van der Waals surface area contributed by atoms with Gasteiger partial charge in [0, 0.05) is 18.6 Å². The minimum absolute atomic E-state index is 0. The van der Waals surface area contributed by atoms with E-state index < -0.39 is 0 Å². The fraction of sp³-hybridized carbons (Fsp3) is 0. The summed E-state index contributed by atoms with van der Waals surface area (Å²) in [6.07, 6.45) is 0. The first kappa shape index (κ1) is 204. The molecule has 7 heteroatoms. The fourth-order valence-corrected chi connectivity index (χ4v) is 0. The third-order valence-electron chi connectivity index (χ3n) is 0. The van der Waals surface area contributed by atoms with Crippen molar-refractivity contribution in [2.24, 2.45) is 0 Å². The predicted molar refractivity (Wildman–Crippen MR) is 2.75 cm³/mol. The van der Waals surface area contributed by atoms with Gasteiger partial charge in [-0.25, -0.2) is 0 Å². The van der Waals surface area contributed by atoms with Crippen LogP contribution in [0.1, 0.15) is 0 Å². The summed E-state index contributed by atoms with van der Waals surface area (Å²) < 4.78 is 0. The SMILES string of the molecule is [Li+].[Mn+2].[O-2].[O-2].[O-2].[O-2].[V]. The van der Waals surface area contributed by atoms with Crippen molar-refractivity contribution in [1.82, 2.24) is 0 Å². The van der Waals surface area contributed by atoms with Gasteiger partial charge in [-0.2, -0.15) is 0 Å². The molecular formula is LiMnO4V-5. The van der Waals surface area contributed by atoms with Gasteiger partial charge in [0.15, 0.2) is 0 Å². The van der Waals surface area contributed by atoms with Crippen molar-refractivity contribution < 1.29 is 76.4 Å². The van der Waals surface area contributed by atoms with Crippen molar-refractivity contribution in [2.75, 3.05) is 0 Å². The molecule has 0 spiro atoms. The first-order chi connectivity index (χ1) is 0. The third kappa shape index (κ3) is 97.5. The Balaban J connectivity index is 0. The van der Waals surface area contributed by atoms with Gasteiger partial charge in [-0.05, 0) is 0 Å². The summed E-state index contributed by atoms with van der Waals surface area (Å²) in [7, 11) is 0. The third-order valence-corrected chi connectivity index (χ3v) is 0. The van der Waals surface area contributed by atoms with Crippen LogP contribution in [0.4, 0.5) is 0 Å². The second-order valence-electron chi connectivity index (χ2n) is 0. The van der Waals surface area contributed by atoms with Crippen LogP contribution in [0.2, 0.25) is 0 Å². The van der Waals surface area contributed by atoms with Crippen LogP contribution in [-0.2, 0) is 57.5 Å². The van der Waals surface area contributed by atoms with Crippen molar-refractivity contribution in [1.29, 1.82) is 0 Å². The van der Waals surface area contributed by atoms with Gasteiger partial charge in [-0.15, -0.1) is 0 Å². The average molecular weight is 177 g/mol. The molecule has 0 N–H and O–H groups in total. The normalized spacial score (nSPS) is 0. The van der Waals surface area contributed by atoms with Gasteiger partial charge in [0.05, 0.1) is 0 Å². The Kier molecular flexibility index (Phi) is 3970. The number of hydrogen-bond donors (Lipinski definition) is 0. The maximum Gasteiger partial charge on any atom is 2.00 e. The Bertz CT molecular complexity index is 11.7. The molecule has 0 atom stereocenters. The van der Waals surface area contributed by atoms with Crippen LogP contribution in [0, 0.1) is 0 Å². The zero-order chi connectivity index (χ0) is 0. The molecule has 0 aromatic heterocycles. The Labute approximate surface area is 76.2 Å². The maximum atomic E-state index is 0. The standard InChI is InChI=1S/Li.Mn.4O.V/q+1;+2;4*-2;. The van der Waals surface area contributed by atoms with Gasteiger partial charge < -0.3 is 21.9 Å². The van der Waals surface area contributed by atoms with Crippen molar-refractivity contribution in [3.8, 4) is 0 Å². The first-order valence-electron chi connectivity index (χ1n) is 0. The van der Waals surface area contributed by atoms with Crippen LogP contribution in [-0.4, -0.2) is 0 Å². The summed E-state index contributed by atoms with van der Waals surface area (Å²) in [5.41, 5.74) is 0. The average Bonchev–Trinajstić information content (AvgIpc) is 0. The molecule has 0 heterocycles. The molecule has 42 valence electrons. The molecule has 4 nitrogen and oxygen atoms in total. The molecule has 7 heavy (non-hydrogen) atoms. The molecule has 0 unspecified atom stereocenters. The van der Waals surface area contributed by atoms with Crippen molar-refractivity contribution in [2.45, 2.75) is 0 Å². The predicted octanol–water partition coefficient (Wildman–Crippen LogP) is -3.48. The van der Waals surface area contributed by atoms with E-state index in [1.807, 2.05) is 0 Å². The summed E-state index contributed by atoms with van der Waals surface area (Å²) in [5, 5.41) is 0. The minimum atomic E-state index is 0. The summed E-state index contributed by atoms with van der Waals surface area (Å²) >= 11 is 0. The molecule has 2 radical (unpaired) electrons. The maximum absolute atomic E-state index is 0. The molecule has 0 bridgehead atoms. The van der Waals surface area contributed by atoms with E-state index in [2.05, 4.69) is 0 Å². The fourth-order valence-electron chi connectivity index (χ4n) is 0. The summed E-state index contributed by atoms with van der Waals surface area (Å²) in [6, 6.07) is 0. The topological polar surface area (TPSA) is 114 Å².